The van der Waals surface area contributed by atoms with Gasteiger partial charge in [-0.05, 0) is 68.3 Å². The molecular weight excluding hydrogens is 535 g/mol. The minimum absolute atomic E-state index is 0.0768. The molecule has 0 spiro atoms. The van der Waals surface area contributed by atoms with Crippen LogP contribution in [-0.2, 0) is 4.57 Å². The number of rotatable bonds is 7. The van der Waals surface area contributed by atoms with Gasteiger partial charge >= 0.3 is 13.3 Å². The predicted molar refractivity (Wildman–Crippen MR) is 123 cm³/mol. The molecule has 0 aliphatic carbocycles. The molecule has 0 heterocycles. The van der Waals surface area contributed by atoms with Crippen LogP contribution in [0, 0.1) is 0 Å². The van der Waals surface area contributed by atoms with E-state index in [1.54, 1.807) is 54.6 Å². The summed E-state index contributed by atoms with van der Waals surface area (Å²) in [6.45, 7) is 0. The maximum absolute atomic E-state index is 13.3. The Labute approximate surface area is 191 Å². The van der Waals surface area contributed by atoms with E-state index in [0.717, 1.165) is 0 Å². The number of ketones is 1. The van der Waals surface area contributed by atoms with Crippen LogP contribution in [0.4, 0.5) is 0 Å². The summed E-state index contributed by atoms with van der Waals surface area (Å²) in [5.41, 5.74) is -0.0252. The summed E-state index contributed by atoms with van der Waals surface area (Å²) < 4.78 is 25.0. The van der Waals surface area contributed by atoms with E-state index in [4.69, 9.17) is 9.47 Å². The highest BCUT2D eigenvalue weighted by atomic mass is 79.9. The van der Waals surface area contributed by atoms with Gasteiger partial charge in [0.05, 0.1) is 25.3 Å². The molecule has 0 radical (unpaired) electrons. The first-order chi connectivity index (χ1) is 14.4. The fourth-order valence-corrected chi connectivity index (χ4v) is 5.58. The summed E-state index contributed by atoms with van der Waals surface area (Å²) in [5.74, 6) is 0.146. The van der Waals surface area contributed by atoms with Gasteiger partial charge in [0.25, 0.3) is 0 Å². The van der Waals surface area contributed by atoms with E-state index in [9.17, 15) is 14.2 Å². The van der Waals surface area contributed by atoms with Crippen LogP contribution in [0.5, 0.6) is 11.5 Å². The Bertz CT molecular complexity index is 1120. The third-order valence-corrected chi connectivity index (χ3v) is 7.13. The highest BCUT2D eigenvalue weighted by Crippen LogP contribution is 2.38. The van der Waals surface area contributed by atoms with E-state index >= 15 is 0 Å². The van der Waals surface area contributed by atoms with Gasteiger partial charge in [-0.25, -0.2) is 4.79 Å². The first-order valence-electron chi connectivity index (χ1n) is 8.71. The molecule has 3 aromatic carbocycles. The van der Waals surface area contributed by atoms with Crippen molar-refractivity contribution in [1.82, 2.24) is 0 Å². The number of methoxy groups -OCH3 is 2. The van der Waals surface area contributed by atoms with Gasteiger partial charge in [0.1, 0.15) is 11.5 Å². The van der Waals surface area contributed by atoms with Gasteiger partial charge in [0.2, 0.25) is 5.30 Å². The summed E-state index contributed by atoms with van der Waals surface area (Å²) >= 11 is 6.77. The van der Waals surface area contributed by atoms with E-state index in [2.05, 4.69) is 31.9 Å². The van der Waals surface area contributed by atoms with Crippen molar-refractivity contribution in [2.45, 2.75) is 0 Å². The van der Waals surface area contributed by atoms with E-state index in [1.807, 2.05) is 0 Å². The Morgan fingerprint density at radius 1 is 0.767 bits per heavy atom. The molecule has 30 heavy (non-hydrogen) atoms. The highest BCUT2D eigenvalue weighted by Gasteiger charge is 2.40. The third kappa shape index (κ3) is 4.24. The van der Waals surface area contributed by atoms with Gasteiger partial charge in [-0.15, -0.1) is 0 Å². The van der Waals surface area contributed by atoms with Crippen molar-refractivity contribution in [3.05, 3.63) is 86.3 Å². The number of hydrogen-bond donors (Lipinski definition) is 0. The highest BCUT2D eigenvalue weighted by molar-refractivity contribution is 9.11. The van der Waals surface area contributed by atoms with Crippen LogP contribution in [0.15, 0.2) is 69.6 Å². The van der Waals surface area contributed by atoms with Gasteiger partial charge in [-0.2, -0.15) is 0 Å². The maximum Gasteiger partial charge on any atom is 0.459 e. The number of carbonyl (C=O) groups is 2. The van der Waals surface area contributed by atoms with E-state index in [-0.39, 0.29) is 33.7 Å². The fraction of sp³-hybridized carbons (Fsp3) is 0.0909. The van der Waals surface area contributed by atoms with Crippen LogP contribution in [0.25, 0.3) is 0 Å². The molecule has 0 fully saturated rings. The van der Waals surface area contributed by atoms with Gasteiger partial charge in [0.15, 0.2) is 11.3 Å². The average Bonchev–Trinajstić information content (AvgIpc) is 2.77. The van der Waals surface area contributed by atoms with Gasteiger partial charge in [-0.3, -0.25) is 4.79 Å². The number of halogens is 2. The zero-order valence-electron chi connectivity index (χ0n) is 16.0. The normalized spacial score (nSPS) is 11.0. The summed E-state index contributed by atoms with van der Waals surface area (Å²) in [5, 5.41) is 0.151. The lowest BCUT2D eigenvalue weighted by Gasteiger charge is -2.09. The molecule has 0 bridgehead atoms. The summed E-state index contributed by atoms with van der Waals surface area (Å²) in [6.07, 6.45) is 0. The first-order valence-corrected chi connectivity index (χ1v) is 11.6. The van der Waals surface area contributed by atoms with Crippen LogP contribution < -0.4 is 14.8 Å². The molecule has 0 aromatic heterocycles. The maximum atomic E-state index is 13.3. The molecule has 1 unspecified atom stereocenters. The molecular formula is C22H16Br2O5P+. The van der Waals surface area contributed by atoms with Gasteiger partial charge in [-0.1, -0.05) is 28.8 Å². The smallest absolute Gasteiger partial charge is 0.459 e. The van der Waals surface area contributed by atoms with Crippen molar-refractivity contribution in [3.63, 3.8) is 0 Å². The van der Waals surface area contributed by atoms with Crippen LogP contribution >= 0.6 is 39.7 Å². The number of carbonyl (C=O) groups excluding carboxylic acids is 2. The second kappa shape index (κ2) is 9.65. The molecule has 0 saturated carbocycles. The molecule has 3 aromatic rings. The Morgan fingerprint density at radius 3 is 1.87 bits per heavy atom. The van der Waals surface area contributed by atoms with Crippen LogP contribution in [0.1, 0.15) is 26.3 Å². The second-order valence-corrected chi connectivity index (χ2v) is 9.27. The van der Waals surface area contributed by atoms with Gasteiger partial charge in [0, 0.05) is 8.95 Å². The largest absolute Gasteiger partial charge is 0.496 e. The third-order valence-electron chi connectivity index (χ3n) is 4.38. The standard InChI is InChI=1S/C22H16Br2O5P/c1-28-16-10-6-11-17(29-2)20(16)22(26)30(27)18-12-4-3-7-13(18)21(25)19-14(23)8-5-9-15(19)24/h3-12H,1-2H3/q+1. The molecule has 0 amide bonds. The van der Waals surface area contributed by atoms with Crippen LogP contribution in [-0.4, -0.2) is 25.5 Å². The van der Waals surface area contributed by atoms with Crippen molar-refractivity contribution in [2.75, 3.05) is 14.2 Å². The lowest BCUT2D eigenvalue weighted by Crippen LogP contribution is -2.17. The van der Waals surface area contributed by atoms with Crippen molar-refractivity contribution >= 4 is 56.3 Å². The Morgan fingerprint density at radius 2 is 1.30 bits per heavy atom. The number of hydrogen-bond acceptors (Lipinski definition) is 5. The predicted octanol–water partition coefficient (Wildman–Crippen LogP) is 5.75. The minimum Gasteiger partial charge on any atom is -0.496 e. The molecule has 8 heteroatoms. The average molecular weight is 551 g/mol. The van der Waals surface area contributed by atoms with Crippen LogP contribution in [0.3, 0.4) is 0 Å². The molecule has 152 valence electrons. The Balaban J connectivity index is 2.10. The zero-order chi connectivity index (χ0) is 21.8. The Hall–Kier alpha value is -2.34. The zero-order valence-corrected chi connectivity index (χ0v) is 20.1. The Kier molecular flexibility index (Phi) is 7.19. The molecule has 0 aliphatic rings. The summed E-state index contributed by atoms with van der Waals surface area (Å²) in [4.78, 5) is 26.4. The monoisotopic (exact) mass is 549 g/mol. The molecule has 0 aliphatic heterocycles. The van der Waals surface area contributed by atoms with E-state index in [1.165, 1.54) is 20.3 Å². The molecule has 5 nitrogen and oxygen atoms in total. The summed E-state index contributed by atoms with van der Waals surface area (Å²) in [6, 6.07) is 16.5. The van der Waals surface area contributed by atoms with E-state index < -0.39 is 13.3 Å². The van der Waals surface area contributed by atoms with Crippen molar-refractivity contribution in [1.29, 1.82) is 0 Å². The molecule has 0 saturated heterocycles. The first kappa shape index (κ1) is 22.3. The van der Waals surface area contributed by atoms with Crippen molar-refractivity contribution in [2.24, 2.45) is 0 Å². The quantitative estimate of drug-likeness (QED) is 0.276. The number of ether oxygens (including phenoxy) is 2. The number of benzene rings is 3. The lowest BCUT2D eigenvalue weighted by molar-refractivity contribution is 0.103. The van der Waals surface area contributed by atoms with Gasteiger partial charge < -0.3 is 9.47 Å². The lowest BCUT2D eigenvalue weighted by atomic mass is 10.0. The molecule has 0 N–H and O–H groups in total. The molecule has 1 atom stereocenters. The molecule has 3 rings (SSSR count). The minimum atomic E-state index is -2.62. The van der Waals surface area contributed by atoms with Crippen LogP contribution in [0.2, 0.25) is 0 Å². The van der Waals surface area contributed by atoms with E-state index in [0.29, 0.717) is 14.5 Å². The van der Waals surface area contributed by atoms with Crippen molar-refractivity contribution < 1.29 is 23.6 Å². The van der Waals surface area contributed by atoms with Crippen molar-refractivity contribution in [3.8, 4) is 11.5 Å². The second-order valence-electron chi connectivity index (χ2n) is 6.08. The topological polar surface area (TPSA) is 69.7 Å². The fourth-order valence-electron chi connectivity index (χ4n) is 2.97. The SMILES string of the molecule is COc1cccc(OC)c1C(=O)[P+](=O)c1ccccc1C(=O)c1c(Br)cccc1Br. The summed E-state index contributed by atoms with van der Waals surface area (Å²) in [7, 11) is 0.214.